The highest BCUT2D eigenvalue weighted by Gasteiger charge is 2.19. The van der Waals surface area contributed by atoms with Crippen LogP contribution in [0.4, 0.5) is 11.4 Å². The van der Waals surface area contributed by atoms with E-state index in [0.717, 1.165) is 43.1 Å². The van der Waals surface area contributed by atoms with E-state index in [4.69, 9.17) is 21.7 Å². The number of Topliss-reactive ketones (excluding diaryl/α,β-unsaturated/α-hetero) is 1. The van der Waals surface area contributed by atoms with Gasteiger partial charge in [0.1, 0.15) is 11.5 Å². The van der Waals surface area contributed by atoms with Gasteiger partial charge in [0.15, 0.2) is 10.9 Å². The third-order valence-corrected chi connectivity index (χ3v) is 5.17. The number of nitrogens with zero attached hydrogens (tertiary/aromatic N) is 2. The van der Waals surface area contributed by atoms with E-state index in [-0.39, 0.29) is 5.78 Å². The topological polar surface area (TPSA) is 54.0 Å². The number of nitrogens with one attached hydrogen (secondary N) is 1. The van der Waals surface area contributed by atoms with Crippen LogP contribution < -0.4 is 19.7 Å². The smallest absolute Gasteiger partial charge is 0.173 e. The molecular weight excluding hydrogens is 374 g/mol. The first-order chi connectivity index (χ1) is 13.5. The molecule has 0 aromatic heterocycles. The average molecular weight is 400 g/mol. The summed E-state index contributed by atoms with van der Waals surface area (Å²) in [5, 5.41) is 3.96. The van der Waals surface area contributed by atoms with Gasteiger partial charge < -0.3 is 24.6 Å². The molecule has 0 radical (unpaired) electrons. The van der Waals surface area contributed by atoms with Crippen molar-refractivity contribution in [3.05, 3.63) is 48.0 Å². The number of carbonyl (C=O) groups is 1. The predicted octanol–water partition coefficient (Wildman–Crippen LogP) is 3.43. The first kappa shape index (κ1) is 19.9. The number of anilines is 2. The lowest BCUT2D eigenvalue weighted by molar-refractivity contribution is 0.101. The maximum Gasteiger partial charge on any atom is 0.173 e. The normalized spacial score (nSPS) is 13.8. The number of methoxy groups -OCH3 is 2. The molecule has 0 bridgehead atoms. The monoisotopic (exact) mass is 399 g/mol. The Hall–Kier alpha value is -2.80. The fourth-order valence-electron chi connectivity index (χ4n) is 3.16. The molecule has 0 spiro atoms. The Morgan fingerprint density at radius 3 is 2.04 bits per heavy atom. The fourth-order valence-corrected chi connectivity index (χ4v) is 3.46. The summed E-state index contributed by atoms with van der Waals surface area (Å²) in [6, 6.07) is 13.4. The van der Waals surface area contributed by atoms with Gasteiger partial charge in [-0.3, -0.25) is 4.79 Å². The van der Waals surface area contributed by atoms with E-state index in [0.29, 0.717) is 16.6 Å². The van der Waals surface area contributed by atoms with Crippen molar-refractivity contribution in [2.75, 3.05) is 50.6 Å². The minimum Gasteiger partial charge on any atom is -0.497 e. The second kappa shape index (κ2) is 8.93. The summed E-state index contributed by atoms with van der Waals surface area (Å²) < 4.78 is 10.6. The Bertz CT molecular complexity index is 824. The minimum absolute atomic E-state index is 0.0852. The summed E-state index contributed by atoms with van der Waals surface area (Å²) in [7, 11) is 3.25. The molecule has 28 heavy (non-hydrogen) atoms. The molecule has 1 heterocycles. The Kier molecular flexibility index (Phi) is 6.36. The van der Waals surface area contributed by atoms with Crippen molar-refractivity contribution < 1.29 is 14.3 Å². The van der Waals surface area contributed by atoms with Crippen LogP contribution in [0.3, 0.4) is 0 Å². The minimum atomic E-state index is 0.0852. The predicted molar refractivity (Wildman–Crippen MR) is 116 cm³/mol. The summed E-state index contributed by atoms with van der Waals surface area (Å²) in [5.41, 5.74) is 2.70. The number of piperazine rings is 1. The Balaban J connectivity index is 1.58. The summed E-state index contributed by atoms with van der Waals surface area (Å²) in [4.78, 5) is 15.9. The summed E-state index contributed by atoms with van der Waals surface area (Å²) in [6.45, 7) is 4.95. The molecule has 6 nitrogen and oxygen atoms in total. The molecule has 1 saturated heterocycles. The molecule has 0 atom stereocenters. The molecule has 7 heteroatoms. The van der Waals surface area contributed by atoms with Gasteiger partial charge in [0, 0.05) is 61.3 Å². The van der Waals surface area contributed by atoms with E-state index in [1.165, 1.54) is 0 Å². The zero-order chi connectivity index (χ0) is 20.1. The molecular formula is C21H25N3O3S. The van der Waals surface area contributed by atoms with Crippen molar-refractivity contribution in [1.29, 1.82) is 0 Å². The van der Waals surface area contributed by atoms with E-state index in [1.807, 2.05) is 42.5 Å². The van der Waals surface area contributed by atoms with E-state index >= 15 is 0 Å². The van der Waals surface area contributed by atoms with E-state index in [9.17, 15) is 4.79 Å². The van der Waals surface area contributed by atoms with Crippen molar-refractivity contribution in [3.63, 3.8) is 0 Å². The van der Waals surface area contributed by atoms with E-state index in [2.05, 4.69) is 15.1 Å². The van der Waals surface area contributed by atoms with Crippen LogP contribution >= 0.6 is 12.2 Å². The molecule has 2 aromatic rings. The number of carbonyl (C=O) groups excluding carboxylic acids is 1. The lowest BCUT2D eigenvalue weighted by atomic mass is 10.1. The zero-order valence-electron chi connectivity index (χ0n) is 16.4. The maximum atomic E-state index is 11.4. The second-order valence-corrected chi connectivity index (χ2v) is 7.00. The summed E-state index contributed by atoms with van der Waals surface area (Å²) in [6.07, 6.45) is 0. The van der Waals surface area contributed by atoms with Crippen LogP contribution in [-0.4, -0.2) is 56.2 Å². The molecule has 3 rings (SSSR count). The first-order valence-corrected chi connectivity index (χ1v) is 9.56. The van der Waals surface area contributed by atoms with Gasteiger partial charge in [0.25, 0.3) is 0 Å². The molecule has 2 aromatic carbocycles. The largest absolute Gasteiger partial charge is 0.497 e. The SMILES string of the molecule is COc1cc(NC(=S)N2CCN(c3ccc(C(C)=O)cc3)CC2)cc(OC)c1. The van der Waals surface area contributed by atoms with Crippen LogP contribution in [0.25, 0.3) is 0 Å². The number of hydrogen-bond acceptors (Lipinski definition) is 5. The van der Waals surface area contributed by atoms with Crippen LogP contribution in [0.15, 0.2) is 42.5 Å². The Morgan fingerprint density at radius 1 is 0.964 bits per heavy atom. The molecule has 1 aliphatic rings. The Labute approximate surface area is 171 Å². The zero-order valence-corrected chi connectivity index (χ0v) is 17.2. The average Bonchev–Trinajstić information content (AvgIpc) is 2.73. The summed E-state index contributed by atoms with van der Waals surface area (Å²) >= 11 is 5.59. The molecule has 0 amide bonds. The first-order valence-electron chi connectivity index (χ1n) is 9.15. The molecule has 148 valence electrons. The van der Waals surface area contributed by atoms with Crippen molar-refractivity contribution >= 4 is 34.5 Å². The third-order valence-electron chi connectivity index (χ3n) is 4.81. The maximum absolute atomic E-state index is 11.4. The Morgan fingerprint density at radius 2 is 1.54 bits per heavy atom. The lowest BCUT2D eigenvalue weighted by Crippen LogP contribution is -2.50. The van der Waals surface area contributed by atoms with Gasteiger partial charge in [0.2, 0.25) is 0 Å². The molecule has 1 fully saturated rings. The number of rotatable bonds is 5. The van der Waals surface area contributed by atoms with Crippen molar-refractivity contribution in [2.24, 2.45) is 0 Å². The number of benzene rings is 2. The van der Waals surface area contributed by atoms with Crippen LogP contribution in [0.5, 0.6) is 11.5 Å². The number of hydrogen-bond donors (Lipinski definition) is 1. The standard InChI is InChI=1S/C21H25N3O3S/c1-15(25)16-4-6-18(7-5-16)23-8-10-24(11-9-23)21(28)22-17-12-19(26-2)14-20(13-17)27-3/h4-7,12-14H,8-11H2,1-3H3,(H,22,28). The van der Waals surface area contributed by atoms with Gasteiger partial charge in [-0.05, 0) is 43.4 Å². The van der Waals surface area contributed by atoms with Crippen LogP contribution in [-0.2, 0) is 0 Å². The van der Waals surface area contributed by atoms with Crippen molar-refractivity contribution in [1.82, 2.24) is 4.90 Å². The summed E-state index contributed by atoms with van der Waals surface area (Å²) in [5.74, 6) is 1.51. The highest BCUT2D eigenvalue weighted by molar-refractivity contribution is 7.80. The van der Waals surface area contributed by atoms with Crippen molar-refractivity contribution in [2.45, 2.75) is 6.92 Å². The van der Waals surface area contributed by atoms with Gasteiger partial charge in [-0.15, -0.1) is 0 Å². The van der Waals surface area contributed by atoms with Crippen LogP contribution in [0, 0.1) is 0 Å². The van der Waals surface area contributed by atoms with Gasteiger partial charge in [0.05, 0.1) is 14.2 Å². The molecule has 0 unspecified atom stereocenters. The van der Waals surface area contributed by atoms with Gasteiger partial charge in [-0.2, -0.15) is 0 Å². The number of ketones is 1. The molecule has 0 saturated carbocycles. The third kappa shape index (κ3) is 4.72. The fraction of sp³-hybridized carbons (Fsp3) is 0.333. The molecule has 0 aliphatic carbocycles. The van der Waals surface area contributed by atoms with E-state index in [1.54, 1.807) is 21.1 Å². The molecule has 1 N–H and O–H groups in total. The van der Waals surface area contributed by atoms with E-state index < -0.39 is 0 Å². The quantitative estimate of drug-likeness (QED) is 0.611. The number of ether oxygens (including phenoxy) is 2. The van der Waals surface area contributed by atoms with Crippen molar-refractivity contribution in [3.8, 4) is 11.5 Å². The van der Waals surface area contributed by atoms with Crippen LogP contribution in [0.1, 0.15) is 17.3 Å². The van der Waals surface area contributed by atoms with Gasteiger partial charge in [-0.25, -0.2) is 0 Å². The highest BCUT2D eigenvalue weighted by Crippen LogP contribution is 2.26. The number of thiocarbonyl (C=S) groups is 1. The second-order valence-electron chi connectivity index (χ2n) is 6.61. The lowest BCUT2D eigenvalue weighted by Gasteiger charge is -2.37. The highest BCUT2D eigenvalue weighted by atomic mass is 32.1. The van der Waals surface area contributed by atoms with Gasteiger partial charge in [-0.1, -0.05) is 0 Å². The van der Waals surface area contributed by atoms with Gasteiger partial charge >= 0.3 is 0 Å². The molecule has 1 aliphatic heterocycles. The van der Waals surface area contributed by atoms with Crippen LogP contribution in [0.2, 0.25) is 0 Å².